The summed E-state index contributed by atoms with van der Waals surface area (Å²) in [4.78, 5) is 0. The zero-order valence-corrected chi connectivity index (χ0v) is 8.92. The van der Waals surface area contributed by atoms with Crippen LogP contribution in [0.15, 0.2) is 48.4 Å². The molecule has 1 aliphatic heterocycles. The molecule has 1 rings (SSSR count). The summed E-state index contributed by atoms with van der Waals surface area (Å²) >= 11 is 0. The molecule has 1 nitrogen and oxygen atoms in total. The molecule has 14 heavy (non-hydrogen) atoms. The minimum absolute atomic E-state index is 0.950. The van der Waals surface area contributed by atoms with Crippen molar-refractivity contribution in [2.75, 3.05) is 0 Å². The fraction of sp³-hybridized carbons (Fsp3) is 0.385. The quantitative estimate of drug-likeness (QED) is 0.714. The first-order valence-corrected chi connectivity index (χ1v) is 5.29. The van der Waals surface area contributed by atoms with E-state index in [-0.39, 0.29) is 0 Å². The van der Waals surface area contributed by atoms with Crippen LogP contribution in [0.2, 0.25) is 0 Å². The average Bonchev–Trinajstić information content (AvgIpc) is 2.28. The van der Waals surface area contributed by atoms with Gasteiger partial charge < -0.3 is 5.32 Å². The van der Waals surface area contributed by atoms with Gasteiger partial charge in [-0.05, 0) is 25.3 Å². The van der Waals surface area contributed by atoms with Crippen molar-refractivity contribution in [3.8, 4) is 0 Å². The smallest absolute Gasteiger partial charge is 0.0306 e. The highest BCUT2D eigenvalue weighted by Crippen LogP contribution is 2.12. The number of allylic oxidation sites excluding steroid dienone is 5. The van der Waals surface area contributed by atoms with Crippen LogP contribution in [0.25, 0.3) is 0 Å². The lowest BCUT2D eigenvalue weighted by molar-refractivity contribution is 0.769. The van der Waals surface area contributed by atoms with Crippen molar-refractivity contribution in [1.29, 1.82) is 0 Å². The lowest BCUT2D eigenvalue weighted by Gasteiger charge is -2.05. The van der Waals surface area contributed by atoms with Gasteiger partial charge in [0.2, 0.25) is 0 Å². The molecule has 1 N–H and O–H groups in total. The van der Waals surface area contributed by atoms with E-state index in [9.17, 15) is 0 Å². The van der Waals surface area contributed by atoms with Gasteiger partial charge in [0.05, 0.1) is 0 Å². The minimum Gasteiger partial charge on any atom is -0.362 e. The highest BCUT2D eigenvalue weighted by atomic mass is 14.8. The van der Waals surface area contributed by atoms with E-state index in [1.807, 2.05) is 12.2 Å². The molecule has 0 saturated heterocycles. The highest BCUT2D eigenvalue weighted by molar-refractivity contribution is 5.23. The monoisotopic (exact) mass is 189 g/mol. The summed E-state index contributed by atoms with van der Waals surface area (Å²) in [6.45, 7) is 6.12. The highest BCUT2D eigenvalue weighted by Gasteiger charge is 1.96. The Morgan fingerprint density at radius 3 is 3.07 bits per heavy atom. The van der Waals surface area contributed by atoms with Crippen molar-refractivity contribution >= 4 is 0 Å². The van der Waals surface area contributed by atoms with Gasteiger partial charge in [-0.3, -0.25) is 0 Å². The molecule has 1 heteroatoms. The zero-order chi connectivity index (χ0) is 10.2. The Kier molecular flexibility index (Phi) is 4.84. The lowest BCUT2D eigenvalue weighted by Crippen LogP contribution is -2.02. The van der Waals surface area contributed by atoms with Gasteiger partial charge in [0.1, 0.15) is 0 Å². The molecule has 0 fully saturated rings. The molecule has 1 aliphatic rings. The second kappa shape index (κ2) is 6.25. The van der Waals surface area contributed by atoms with Crippen LogP contribution in [-0.2, 0) is 0 Å². The molecule has 0 spiro atoms. The second-order valence-electron chi connectivity index (χ2n) is 3.57. The van der Waals surface area contributed by atoms with Crippen molar-refractivity contribution < 1.29 is 0 Å². The summed E-state index contributed by atoms with van der Waals surface area (Å²) in [6, 6.07) is 0. The molecular weight excluding hydrogens is 170 g/mol. The number of rotatable bonds is 3. The summed E-state index contributed by atoms with van der Waals surface area (Å²) in [5.41, 5.74) is 2.40. The van der Waals surface area contributed by atoms with Gasteiger partial charge in [-0.25, -0.2) is 0 Å². The molecule has 0 radical (unpaired) electrons. The van der Waals surface area contributed by atoms with E-state index in [0.717, 1.165) is 12.1 Å². The van der Waals surface area contributed by atoms with E-state index in [2.05, 4.69) is 37.2 Å². The van der Waals surface area contributed by atoms with Crippen LogP contribution in [0.1, 0.15) is 32.6 Å². The SMILES string of the molecule is C=C1/C=C\C=C/C/C(CCCC)=C\N1. The Labute approximate surface area is 86.9 Å². The van der Waals surface area contributed by atoms with Crippen molar-refractivity contribution in [1.82, 2.24) is 5.32 Å². The van der Waals surface area contributed by atoms with Crippen molar-refractivity contribution in [3.63, 3.8) is 0 Å². The Balaban J connectivity index is 2.56. The third kappa shape index (κ3) is 4.13. The molecule has 0 bridgehead atoms. The first-order valence-electron chi connectivity index (χ1n) is 5.29. The second-order valence-corrected chi connectivity index (χ2v) is 3.57. The van der Waals surface area contributed by atoms with E-state index in [0.29, 0.717) is 0 Å². The Morgan fingerprint density at radius 2 is 2.29 bits per heavy atom. The standard InChI is InChI=1S/C13H19N/c1-3-4-9-13-10-7-5-6-8-12(2)14-11-13/h5-8,11,14H,2-4,9-10H2,1H3/b7-5-,8-6-,13-11-. The Morgan fingerprint density at radius 1 is 1.43 bits per heavy atom. The normalized spacial score (nSPS) is 24.9. The van der Waals surface area contributed by atoms with Crippen molar-refractivity contribution in [3.05, 3.63) is 48.4 Å². The Hall–Kier alpha value is -1.24. The first-order chi connectivity index (χ1) is 6.83. The van der Waals surface area contributed by atoms with E-state index < -0.39 is 0 Å². The number of unbranched alkanes of at least 4 members (excludes halogenated alkanes) is 1. The maximum atomic E-state index is 3.90. The van der Waals surface area contributed by atoms with Crippen LogP contribution >= 0.6 is 0 Å². The fourth-order valence-electron chi connectivity index (χ4n) is 1.35. The molecular formula is C13H19N. The van der Waals surface area contributed by atoms with Gasteiger partial charge in [-0.15, -0.1) is 0 Å². The van der Waals surface area contributed by atoms with E-state index in [4.69, 9.17) is 0 Å². The molecule has 76 valence electrons. The maximum absolute atomic E-state index is 3.90. The number of hydrogen-bond acceptors (Lipinski definition) is 1. The third-order valence-corrected chi connectivity index (χ3v) is 2.24. The van der Waals surface area contributed by atoms with Crippen LogP contribution in [0.4, 0.5) is 0 Å². The van der Waals surface area contributed by atoms with Crippen molar-refractivity contribution in [2.24, 2.45) is 0 Å². The largest absolute Gasteiger partial charge is 0.362 e. The topological polar surface area (TPSA) is 12.0 Å². The molecule has 0 saturated carbocycles. The van der Waals surface area contributed by atoms with Gasteiger partial charge in [-0.2, -0.15) is 0 Å². The molecule has 0 atom stereocenters. The molecule has 0 amide bonds. The maximum Gasteiger partial charge on any atom is 0.0306 e. The zero-order valence-electron chi connectivity index (χ0n) is 8.92. The van der Waals surface area contributed by atoms with E-state index in [1.165, 1.54) is 24.8 Å². The van der Waals surface area contributed by atoms with Gasteiger partial charge >= 0.3 is 0 Å². The molecule has 0 aromatic carbocycles. The average molecular weight is 189 g/mol. The number of hydrogen-bond donors (Lipinski definition) is 1. The summed E-state index contributed by atoms with van der Waals surface area (Å²) in [5, 5.41) is 3.20. The van der Waals surface area contributed by atoms with Crippen LogP contribution in [-0.4, -0.2) is 0 Å². The van der Waals surface area contributed by atoms with Gasteiger partial charge in [0.25, 0.3) is 0 Å². The summed E-state index contributed by atoms with van der Waals surface area (Å²) < 4.78 is 0. The first kappa shape index (κ1) is 10.8. The molecule has 0 unspecified atom stereocenters. The van der Waals surface area contributed by atoms with Gasteiger partial charge in [0.15, 0.2) is 0 Å². The van der Waals surface area contributed by atoms with Gasteiger partial charge in [0, 0.05) is 11.9 Å². The lowest BCUT2D eigenvalue weighted by atomic mass is 10.1. The minimum atomic E-state index is 0.950. The third-order valence-electron chi connectivity index (χ3n) is 2.24. The van der Waals surface area contributed by atoms with Gasteiger partial charge in [-0.1, -0.05) is 43.7 Å². The summed E-state index contributed by atoms with van der Waals surface area (Å²) in [7, 11) is 0. The summed E-state index contributed by atoms with van der Waals surface area (Å²) in [5.74, 6) is 0. The van der Waals surface area contributed by atoms with Crippen LogP contribution in [0.5, 0.6) is 0 Å². The number of nitrogens with one attached hydrogen (secondary N) is 1. The molecule has 0 aromatic rings. The van der Waals surface area contributed by atoms with Crippen LogP contribution in [0, 0.1) is 0 Å². The predicted molar refractivity (Wildman–Crippen MR) is 62.8 cm³/mol. The summed E-state index contributed by atoms with van der Waals surface area (Å²) in [6.07, 6.45) is 15.1. The Bertz CT molecular complexity index is 269. The van der Waals surface area contributed by atoms with Crippen LogP contribution in [0.3, 0.4) is 0 Å². The molecule has 0 aliphatic carbocycles. The fourth-order valence-corrected chi connectivity index (χ4v) is 1.35. The van der Waals surface area contributed by atoms with E-state index in [1.54, 1.807) is 0 Å². The molecule has 1 heterocycles. The molecule has 0 aromatic heterocycles. The van der Waals surface area contributed by atoms with Crippen molar-refractivity contribution in [2.45, 2.75) is 32.6 Å². The van der Waals surface area contributed by atoms with Crippen LogP contribution < -0.4 is 5.32 Å². The van der Waals surface area contributed by atoms with E-state index >= 15 is 0 Å². The predicted octanol–water partition coefficient (Wildman–Crippen LogP) is 3.68.